The van der Waals surface area contributed by atoms with Crippen LogP contribution in [-0.2, 0) is 20.9 Å². The molecule has 3 fully saturated rings. The van der Waals surface area contributed by atoms with Crippen LogP contribution in [0.4, 0.5) is 5.69 Å². The maximum Gasteiger partial charge on any atom is 0.248 e. The van der Waals surface area contributed by atoms with Crippen LogP contribution in [0.5, 0.6) is 0 Å². The largest absolute Gasteiger partial charge is 0.395 e. The second-order valence-corrected chi connectivity index (χ2v) is 12.1. The summed E-state index contributed by atoms with van der Waals surface area (Å²) in [6.07, 6.45) is 0.768. The van der Waals surface area contributed by atoms with Crippen molar-refractivity contribution in [2.75, 3.05) is 18.5 Å². The van der Waals surface area contributed by atoms with E-state index in [9.17, 15) is 19.5 Å². The molecule has 196 valence electrons. The molecule has 3 aromatic carbocycles. The lowest BCUT2D eigenvalue weighted by Gasteiger charge is -2.38. The standard InChI is InChI=1S/C30H31N3O4S/c1-18-15-23-24(27(35)31-17-19-7-3-2-4-8-19)25-29(37)33(13-14-34)26(30(18,25)38-23)28(36)32-22-12-11-20-9-5-6-10-21(20)16-22/h2-12,16,18,23-26,34H,13-15,17H2,1H3,(H,31,35)(H,32,36)/t18?,23-,24+,25+,26?,30?/m1/s1. The molecule has 2 bridgehead atoms. The summed E-state index contributed by atoms with van der Waals surface area (Å²) in [5.41, 5.74) is 1.65. The third-order valence-electron chi connectivity index (χ3n) is 8.46. The number of amides is 3. The predicted molar refractivity (Wildman–Crippen MR) is 148 cm³/mol. The molecule has 3 aliphatic heterocycles. The molecular formula is C30H31N3O4S. The van der Waals surface area contributed by atoms with Crippen molar-refractivity contribution in [3.63, 3.8) is 0 Å². The molecule has 0 saturated carbocycles. The molecule has 3 N–H and O–H groups in total. The van der Waals surface area contributed by atoms with Crippen molar-refractivity contribution in [2.24, 2.45) is 17.8 Å². The zero-order chi connectivity index (χ0) is 26.4. The second kappa shape index (κ2) is 9.75. The molecule has 3 heterocycles. The molecule has 3 amide bonds. The van der Waals surface area contributed by atoms with Gasteiger partial charge in [0.25, 0.3) is 0 Å². The molecular weight excluding hydrogens is 498 g/mol. The van der Waals surface area contributed by atoms with Gasteiger partial charge in [-0.2, -0.15) is 0 Å². The number of hydrogen-bond acceptors (Lipinski definition) is 5. The Morgan fingerprint density at radius 1 is 1.03 bits per heavy atom. The van der Waals surface area contributed by atoms with E-state index < -0.39 is 22.6 Å². The van der Waals surface area contributed by atoms with Crippen LogP contribution in [0.25, 0.3) is 10.8 Å². The third-order valence-corrected chi connectivity index (χ3v) is 10.5. The van der Waals surface area contributed by atoms with Gasteiger partial charge in [-0.1, -0.05) is 67.6 Å². The first-order valence-corrected chi connectivity index (χ1v) is 14.0. The second-order valence-electron chi connectivity index (χ2n) is 10.6. The molecule has 0 aromatic heterocycles. The molecule has 0 aliphatic carbocycles. The number of aliphatic hydroxyl groups is 1. The van der Waals surface area contributed by atoms with Crippen LogP contribution in [0.3, 0.4) is 0 Å². The number of carbonyl (C=O) groups excluding carboxylic acids is 3. The lowest BCUT2D eigenvalue weighted by molar-refractivity contribution is -0.140. The summed E-state index contributed by atoms with van der Waals surface area (Å²) in [6, 6.07) is 22.6. The summed E-state index contributed by atoms with van der Waals surface area (Å²) in [5, 5.41) is 18.0. The van der Waals surface area contributed by atoms with Gasteiger partial charge in [-0.25, -0.2) is 0 Å². The van der Waals surface area contributed by atoms with Crippen molar-refractivity contribution in [3.05, 3.63) is 78.4 Å². The van der Waals surface area contributed by atoms with Gasteiger partial charge in [-0.05, 0) is 40.8 Å². The fourth-order valence-electron chi connectivity index (χ4n) is 6.85. The number of aliphatic hydroxyl groups excluding tert-OH is 1. The lowest BCUT2D eigenvalue weighted by Crippen LogP contribution is -2.55. The van der Waals surface area contributed by atoms with E-state index in [-0.39, 0.29) is 42.0 Å². The quantitative estimate of drug-likeness (QED) is 0.436. The van der Waals surface area contributed by atoms with Crippen molar-refractivity contribution in [1.29, 1.82) is 0 Å². The van der Waals surface area contributed by atoms with Crippen molar-refractivity contribution in [2.45, 2.75) is 35.9 Å². The average Bonchev–Trinajstić information content (AvgIpc) is 3.52. The minimum absolute atomic E-state index is 0.0260. The Kier molecular flexibility index (Phi) is 6.40. The summed E-state index contributed by atoms with van der Waals surface area (Å²) in [4.78, 5) is 42.8. The normalized spacial score (nSPS) is 29.5. The summed E-state index contributed by atoms with van der Waals surface area (Å²) >= 11 is 1.63. The smallest absolute Gasteiger partial charge is 0.248 e. The number of anilines is 1. The Bertz CT molecular complexity index is 1400. The van der Waals surface area contributed by atoms with E-state index in [1.807, 2.05) is 72.8 Å². The number of rotatable bonds is 7. The Balaban J connectivity index is 1.30. The van der Waals surface area contributed by atoms with Gasteiger partial charge >= 0.3 is 0 Å². The number of nitrogens with one attached hydrogen (secondary N) is 2. The van der Waals surface area contributed by atoms with E-state index in [0.717, 1.165) is 22.8 Å². The highest BCUT2D eigenvalue weighted by Gasteiger charge is 2.75. The molecule has 3 saturated heterocycles. The van der Waals surface area contributed by atoms with Crippen LogP contribution in [0.2, 0.25) is 0 Å². The van der Waals surface area contributed by atoms with E-state index in [1.54, 1.807) is 11.8 Å². The summed E-state index contributed by atoms with van der Waals surface area (Å²) in [7, 11) is 0. The zero-order valence-electron chi connectivity index (χ0n) is 21.2. The van der Waals surface area contributed by atoms with E-state index in [1.165, 1.54) is 4.90 Å². The minimum Gasteiger partial charge on any atom is -0.395 e. The Morgan fingerprint density at radius 2 is 1.76 bits per heavy atom. The molecule has 38 heavy (non-hydrogen) atoms. The summed E-state index contributed by atoms with van der Waals surface area (Å²) in [5.74, 6) is -1.66. The van der Waals surface area contributed by atoms with Crippen LogP contribution in [0.15, 0.2) is 72.8 Å². The van der Waals surface area contributed by atoms with Crippen molar-refractivity contribution < 1.29 is 19.5 Å². The van der Waals surface area contributed by atoms with Gasteiger partial charge in [0.2, 0.25) is 17.7 Å². The first-order valence-electron chi connectivity index (χ1n) is 13.1. The number of fused-ring (bicyclic) bond motifs is 2. The number of benzene rings is 3. The molecule has 3 aliphatic rings. The van der Waals surface area contributed by atoms with Crippen LogP contribution >= 0.6 is 11.8 Å². The van der Waals surface area contributed by atoms with Gasteiger partial charge in [0.1, 0.15) is 6.04 Å². The van der Waals surface area contributed by atoms with Crippen molar-refractivity contribution in [1.82, 2.24) is 10.2 Å². The molecule has 8 heteroatoms. The van der Waals surface area contributed by atoms with Crippen LogP contribution in [-0.4, -0.2) is 56.9 Å². The monoisotopic (exact) mass is 529 g/mol. The minimum atomic E-state index is -0.768. The first kappa shape index (κ1) is 24.9. The maximum atomic E-state index is 13.9. The molecule has 1 spiro atoms. The van der Waals surface area contributed by atoms with Gasteiger partial charge in [0, 0.05) is 24.0 Å². The number of hydrogen-bond donors (Lipinski definition) is 3. The third kappa shape index (κ3) is 3.89. The van der Waals surface area contributed by atoms with Gasteiger partial charge in [-0.3, -0.25) is 14.4 Å². The predicted octanol–water partition coefficient (Wildman–Crippen LogP) is 3.42. The molecule has 6 atom stereocenters. The number of carbonyl (C=O) groups is 3. The van der Waals surface area contributed by atoms with Gasteiger partial charge in [0.05, 0.1) is 23.2 Å². The van der Waals surface area contributed by atoms with Crippen molar-refractivity contribution in [3.8, 4) is 0 Å². The van der Waals surface area contributed by atoms with E-state index in [4.69, 9.17) is 0 Å². The molecule has 6 rings (SSSR count). The highest BCUT2D eigenvalue weighted by atomic mass is 32.2. The maximum absolute atomic E-state index is 13.9. The summed E-state index contributed by atoms with van der Waals surface area (Å²) < 4.78 is -0.716. The fourth-order valence-corrected chi connectivity index (χ4v) is 9.27. The van der Waals surface area contributed by atoms with Crippen LogP contribution in [0.1, 0.15) is 18.9 Å². The van der Waals surface area contributed by atoms with Crippen molar-refractivity contribution >= 4 is 45.9 Å². The topological polar surface area (TPSA) is 98.7 Å². The SMILES string of the molecule is CC1C[C@H]2SC13C(C(=O)Nc1ccc4ccccc4c1)N(CCO)C(=O)[C@@H]3[C@H]2C(=O)NCc1ccccc1. The van der Waals surface area contributed by atoms with E-state index in [0.29, 0.717) is 12.2 Å². The van der Waals surface area contributed by atoms with E-state index >= 15 is 0 Å². The Hall–Kier alpha value is -3.36. The molecule has 3 unspecified atom stereocenters. The van der Waals surface area contributed by atoms with Gasteiger partial charge < -0.3 is 20.6 Å². The van der Waals surface area contributed by atoms with Gasteiger partial charge in [0.15, 0.2) is 0 Å². The highest BCUT2D eigenvalue weighted by Crippen LogP contribution is 2.68. The van der Waals surface area contributed by atoms with Crippen LogP contribution < -0.4 is 10.6 Å². The molecule has 3 aromatic rings. The van der Waals surface area contributed by atoms with Gasteiger partial charge in [-0.15, -0.1) is 11.8 Å². The Labute approximate surface area is 226 Å². The average molecular weight is 530 g/mol. The lowest BCUT2D eigenvalue weighted by atomic mass is 9.66. The number of likely N-dealkylation sites (tertiary alicyclic amines) is 1. The fraction of sp³-hybridized carbons (Fsp3) is 0.367. The molecule has 0 radical (unpaired) electrons. The number of thioether (sulfide) groups is 1. The van der Waals surface area contributed by atoms with Crippen LogP contribution in [0, 0.1) is 17.8 Å². The number of nitrogens with zero attached hydrogens (tertiary/aromatic N) is 1. The first-order chi connectivity index (χ1) is 18.4. The molecule has 7 nitrogen and oxygen atoms in total. The van der Waals surface area contributed by atoms with E-state index in [2.05, 4.69) is 17.6 Å². The number of β-amino-alcohol motifs (C(OH)–C–C–N with tert-alkyl or cyclic N) is 1. The highest BCUT2D eigenvalue weighted by molar-refractivity contribution is 8.02. The Morgan fingerprint density at radius 3 is 2.53 bits per heavy atom. The zero-order valence-corrected chi connectivity index (χ0v) is 22.0. The summed E-state index contributed by atoms with van der Waals surface area (Å²) in [6.45, 7) is 2.29.